The molecule has 0 heterocycles. The van der Waals surface area contributed by atoms with Gasteiger partial charge in [0.1, 0.15) is 12.1 Å². The zero-order valence-corrected chi connectivity index (χ0v) is 17.8. The SMILES string of the molecule is CC(C)(C)OC(=O)NCC(=O)OCC(=O)Nc1cccc2c1C(=O)c1ccccc1C2=O. The van der Waals surface area contributed by atoms with Crippen LogP contribution in [0.25, 0.3) is 0 Å². The third kappa shape index (κ3) is 5.18. The first kappa shape index (κ1) is 22.7. The maximum Gasteiger partial charge on any atom is 0.408 e. The van der Waals surface area contributed by atoms with Crippen molar-refractivity contribution in [2.24, 2.45) is 0 Å². The van der Waals surface area contributed by atoms with Crippen LogP contribution in [0.1, 0.15) is 52.6 Å². The fourth-order valence-electron chi connectivity index (χ4n) is 3.09. The van der Waals surface area contributed by atoms with Crippen molar-refractivity contribution in [3.63, 3.8) is 0 Å². The highest BCUT2D eigenvalue weighted by atomic mass is 16.6. The fourth-order valence-corrected chi connectivity index (χ4v) is 3.09. The van der Waals surface area contributed by atoms with Gasteiger partial charge in [-0.2, -0.15) is 0 Å². The molecule has 2 aromatic carbocycles. The summed E-state index contributed by atoms with van der Waals surface area (Å²) in [5, 5.41) is 4.73. The number of fused-ring (bicyclic) bond motifs is 2. The number of benzene rings is 2. The lowest BCUT2D eigenvalue weighted by Crippen LogP contribution is -2.36. The highest BCUT2D eigenvalue weighted by Gasteiger charge is 2.31. The van der Waals surface area contributed by atoms with E-state index in [-0.39, 0.29) is 33.9 Å². The van der Waals surface area contributed by atoms with Gasteiger partial charge >= 0.3 is 12.1 Å². The van der Waals surface area contributed by atoms with Gasteiger partial charge in [-0.15, -0.1) is 0 Å². The molecule has 0 bridgehead atoms. The van der Waals surface area contributed by atoms with Crippen LogP contribution in [0.2, 0.25) is 0 Å². The molecule has 0 saturated carbocycles. The molecule has 9 heteroatoms. The number of anilines is 1. The minimum atomic E-state index is -0.846. The van der Waals surface area contributed by atoms with E-state index in [1.54, 1.807) is 51.1 Å². The van der Waals surface area contributed by atoms with Crippen molar-refractivity contribution in [1.29, 1.82) is 0 Å². The van der Waals surface area contributed by atoms with Gasteiger partial charge in [0, 0.05) is 16.7 Å². The Morgan fingerprint density at radius 1 is 0.875 bits per heavy atom. The molecule has 0 aromatic heterocycles. The number of carbonyl (C=O) groups excluding carboxylic acids is 5. The second-order valence-corrected chi connectivity index (χ2v) is 8.00. The number of nitrogens with one attached hydrogen (secondary N) is 2. The van der Waals surface area contributed by atoms with Crippen LogP contribution in [-0.2, 0) is 19.1 Å². The Morgan fingerprint density at radius 2 is 1.50 bits per heavy atom. The minimum Gasteiger partial charge on any atom is -0.454 e. The Kier molecular flexibility index (Phi) is 6.38. The van der Waals surface area contributed by atoms with Crippen LogP contribution >= 0.6 is 0 Å². The summed E-state index contributed by atoms with van der Waals surface area (Å²) < 4.78 is 9.82. The Bertz CT molecular complexity index is 1120. The quantitative estimate of drug-likeness (QED) is 0.586. The van der Waals surface area contributed by atoms with Crippen molar-refractivity contribution in [1.82, 2.24) is 5.32 Å². The van der Waals surface area contributed by atoms with Gasteiger partial charge in [0.25, 0.3) is 5.91 Å². The molecule has 1 aliphatic carbocycles. The third-order valence-corrected chi connectivity index (χ3v) is 4.37. The van der Waals surface area contributed by atoms with E-state index in [4.69, 9.17) is 9.47 Å². The summed E-state index contributed by atoms with van der Waals surface area (Å²) in [5.74, 6) is -2.25. The number of ether oxygens (including phenoxy) is 2. The zero-order chi connectivity index (χ0) is 23.5. The van der Waals surface area contributed by atoms with Crippen molar-refractivity contribution >= 4 is 35.2 Å². The average molecular weight is 438 g/mol. The van der Waals surface area contributed by atoms with Crippen LogP contribution in [0.5, 0.6) is 0 Å². The molecular formula is C23H22N2O7. The molecule has 0 radical (unpaired) electrons. The van der Waals surface area contributed by atoms with E-state index in [9.17, 15) is 24.0 Å². The number of ketones is 2. The largest absolute Gasteiger partial charge is 0.454 e. The minimum absolute atomic E-state index is 0.0856. The number of esters is 1. The van der Waals surface area contributed by atoms with Crippen molar-refractivity contribution in [3.05, 3.63) is 64.7 Å². The Balaban J connectivity index is 1.61. The van der Waals surface area contributed by atoms with E-state index in [1.165, 1.54) is 12.1 Å². The lowest BCUT2D eigenvalue weighted by Gasteiger charge is -2.20. The normalized spacial score (nSPS) is 12.3. The van der Waals surface area contributed by atoms with E-state index in [2.05, 4.69) is 10.6 Å². The molecule has 0 saturated heterocycles. The third-order valence-electron chi connectivity index (χ3n) is 4.37. The number of rotatable bonds is 5. The lowest BCUT2D eigenvalue weighted by atomic mass is 9.83. The van der Waals surface area contributed by atoms with Crippen molar-refractivity contribution in [3.8, 4) is 0 Å². The summed E-state index contributed by atoms with van der Waals surface area (Å²) in [4.78, 5) is 61.2. The van der Waals surface area contributed by atoms with Gasteiger partial charge in [0.2, 0.25) is 0 Å². The molecule has 0 spiro atoms. The first-order valence-corrected chi connectivity index (χ1v) is 9.80. The monoisotopic (exact) mass is 438 g/mol. The summed E-state index contributed by atoms with van der Waals surface area (Å²) >= 11 is 0. The predicted molar refractivity (Wildman–Crippen MR) is 114 cm³/mol. The molecule has 0 atom stereocenters. The lowest BCUT2D eigenvalue weighted by molar-refractivity contribution is -0.146. The van der Waals surface area contributed by atoms with Gasteiger partial charge in [-0.05, 0) is 26.8 Å². The molecule has 3 rings (SSSR count). The second-order valence-electron chi connectivity index (χ2n) is 8.00. The smallest absolute Gasteiger partial charge is 0.408 e. The Hall–Kier alpha value is -4.01. The topological polar surface area (TPSA) is 128 Å². The van der Waals surface area contributed by atoms with Crippen molar-refractivity contribution < 1.29 is 33.4 Å². The van der Waals surface area contributed by atoms with E-state index >= 15 is 0 Å². The van der Waals surface area contributed by atoms with E-state index < -0.39 is 36.7 Å². The highest BCUT2D eigenvalue weighted by Crippen LogP contribution is 2.31. The molecule has 2 amide bonds. The Morgan fingerprint density at radius 3 is 2.16 bits per heavy atom. The molecule has 2 N–H and O–H groups in total. The zero-order valence-electron chi connectivity index (χ0n) is 17.8. The van der Waals surface area contributed by atoms with Gasteiger partial charge in [-0.3, -0.25) is 19.2 Å². The molecule has 9 nitrogen and oxygen atoms in total. The van der Waals surface area contributed by atoms with Gasteiger partial charge in [-0.1, -0.05) is 36.4 Å². The van der Waals surface area contributed by atoms with Crippen LogP contribution in [0.15, 0.2) is 42.5 Å². The van der Waals surface area contributed by atoms with Crippen LogP contribution in [0, 0.1) is 0 Å². The number of carbonyl (C=O) groups is 5. The van der Waals surface area contributed by atoms with Crippen molar-refractivity contribution in [2.45, 2.75) is 26.4 Å². The van der Waals surface area contributed by atoms with E-state index in [0.29, 0.717) is 5.56 Å². The number of hydrogen-bond donors (Lipinski definition) is 2. The predicted octanol–water partition coefficient (Wildman–Crippen LogP) is 2.47. The van der Waals surface area contributed by atoms with Gasteiger partial charge in [0.05, 0.1) is 11.3 Å². The highest BCUT2D eigenvalue weighted by molar-refractivity contribution is 6.30. The fraction of sp³-hybridized carbons (Fsp3) is 0.261. The molecule has 0 fully saturated rings. The first-order valence-electron chi connectivity index (χ1n) is 9.80. The van der Waals surface area contributed by atoms with Crippen LogP contribution in [-0.4, -0.2) is 48.3 Å². The van der Waals surface area contributed by atoms with Gasteiger partial charge < -0.3 is 20.1 Å². The summed E-state index contributed by atoms with van der Waals surface area (Å²) in [6.07, 6.45) is -0.793. The molecular weight excluding hydrogens is 416 g/mol. The number of alkyl carbamates (subject to hydrolysis) is 1. The second kappa shape index (κ2) is 9.01. The first-order chi connectivity index (χ1) is 15.1. The average Bonchev–Trinajstić information content (AvgIpc) is 2.73. The van der Waals surface area contributed by atoms with E-state index in [1.807, 2.05) is 0 Å². The molecule has 166 valence electrons. The Labute approximate surface area is 184 Å². The maximum absolute atomic E-state index is 12.9. The van der Waals surface area contributed by atoms with Gasteiger partial charge in [-0.25, -0.2) is 4.79 Å². The summed E-state index contributed by atoms with van der Waals surface area (Å²) in [6.45, 7) is 3.90. The van der Waals surface area contributed by atoms with Crippen LogP contribution < -0.4 is 10.6 Å². The number of hydrogen-bond acceptors (Lipinski definition) is 7. The molecule has 32 heavy (non-hydrogen) atoms. The van der Waals surface area contributed by atoms with Gasteiger partial charge in [0.15, 0.2) is 18.2 Å². The molecule has 2 aromatic rings. The number of amides is 2. The molecule has 0 unspecified atom stereocenters. The molecule has 1 aliphatic rings. The summed E-state index contributed by atoms with van der Waals surface area (Å²) in [7, 11) is 0. The van der Waals surface area contributed by atoms with E-state index in [0.717, 1.165) is 0 Å². The van der Waals surface area contributed by atoms with Crippen LogP contribution in [0.3, 0.4) is 0 Å². The van der Waals surface area contributed by atoms with Crippen molar-refractivity contribution in [2.75, 3.05) is 18.5 Å². The standard InChI is InChI=1S/C23H22N2O7/c1-23(2,3)32-22(30)24-11-18(27)31-12-17(26)25-16-10-6-9-15-19(16)21(29)14-8-5-4-7-13(14)20(15)28/h4-10H,11-12H2,1-3H3,(H,24,30)(H,25,26). The maximum atomic E-state index is 12.9. The summed E-state index contributed by atoms with van der Waals surface area (Å²) in [5.41, 5.74) is 0.254. The summed E-state index contributed by atoms with van der Waals surface area (Å²) in [6, 6.07) is 11.0. The molecule has 0 aliphatic heterocycles. The van der Waals surface area contributed by atoms with Crippen LogP contribution in [0.4, 0.5) is 10.5 Å².